The third-order valence-corrected chi connectivity index (χ3v) is 5.31. The highest BCUT2D eigenvalue weighted by Gasteiger charge is 2.22. The Morgan fingerprint density at radius 3 is 2.37 bits per heavy atom. The molecule has 3 nitrogen and oxygen atoms in total. The molecule has 0 saturated heterocycles. The van der Waals surface area contributed by atoms with Crippen molar-refractivity contribution in [3.05, 3.63) is 29.8 Å². The van der Waals surface area contributed by atoms with Crippen molar-refractivity contribution in [3.63, 3.8) is 0 Å². The summed E-state index contributed by atoms with van der Waals surface area (Å²) >= 11 is 5.64. The predicted octanol–water partition coefficient (Wildman–Crippen LogP) is 3.08. The van der Waals surface area contributed by atoms with E-state index in [4.69, 9.17) is 11.6 Å². The molecule has 19 heavy (non-hydrogen) atoms. The smallest absolute Gasteiger partial charge is 0.208 e. The number of alkyl halides is 1. The molecule has 1 aromatic carbocycles. The molecule has 2 rings (SSSR count). The van der Waals surface area contributed by atoms with Gasteiger partial charge in [-0.3, -0.25) is 0 Å². The van der Waals surface area contributed by atoms with Crippen molar-refractivity contribution in [1.82, 2.24) is 4.72 Å². The molecule has 0 bridgehead atoms. The van der Waals surface area contributed by atoms with Crippen LogP contribution in [0.1, 0.15) is 37.7 Å². The molecule has 0 atom stereocenters. The van der Waals surface area contributed by atoms with Gasteiger partial charge in [-0.15, -0.1) is 11.6 Å². The van der Waals surface area contributed by atoms with Crippen molar-refractivity contribution < 1.29 is 8.42 Å². The maximum Gasteiger partial charge on any atom is 0.240 e. The Morgan fingerprint density at radius 1 is 1.16 bits per heavy atom. The predicted molar refractivity (Wildman–Crippen MR) is 78.1 cm³/mol. The van der Waals surface area contributed by atoms with Gasteiger partial charge in [0.1, 0.15) is 0 Å². The lowest BCUT2D eigenvalue weighted by Crippen LogP contribution is -2.32. The first-order valence-electron chi connectivity index (χ1n) is 6.79. The Morgan fingerprint density at radius 2 is 1.79 bits per heavy atom. The van der Waals surface area contributed by atoms with Crippen molar-refractivity contribution in [1.29, 1.82) is 0 Å². The van der Waals surface area contributed by atoms with Crippen molar-refractivity contribution in [2.24, 2.45) is 0 Å². The summed E-state index contributed by atoms with van der Waals surface area (Å²) < 4.78 is 27.1. The van der Waals surface area contributed by atoms with Crippen LogP contribution < -0.4 is 4.72 Å². The van der Waals surface area contributed by atoms with Crippen molar-refractivity contribution >= 4 is 21.6 Å². The summed E-state index contributed by atoms with van der Waals surface area (Å²) in [4.78, 5) is 0.356. The summed E-state index contributed by atoms with van der Waals surface area (Å²) in [7, 11) is -3.36. The second kappa shape index (κ2) is 6.73. The number of rotatable bonds is 6. The summed E-state index contributed by atoms with van der Waals surface area (Å²) in [5, 5.41) is 0. The number of nitrogens with one attached hydrogen (secondary N) is 1. The number of halogens is 1. The number of hydrogen-bond acceptors (Lipinski definition) is 2. The van der Waals surface area contributed by atoms with E-state index in [0.29, 0.717) is 10.8 Å². The Bertz CT molecular complexity index is 493. The van der Waals surface area contributed by atoms with Crippen LogP contribution in [0.5, 0.6) is 0 Å². The second-order valence-electron chi connectivity index (χ2n) is 5.04. The number of aryl methyl sites for hydroxylation is 1. The van der Waals surface area contributed by atoms with Crippen LogP contribution in [0.2, 0.25) is 0 Å². The van der Waals surface area contributed by atoms with Gasteiger partial charge in [0.2, 0.25) is 10.0 Å². The summed E-state index contributed by atoms with van der Waals surface area (Å²) in [5.74, 6) is 0.628. The van der Waals surface area contributed by atoms with Crippen LogP contribution in [0, 0.1) is 0 Å². The standard InChI is InChI=1S/C14H20ClNO2S/c15-11-3-4-12-7-9-14(10-8-12)19(17,18)16-13-5-1-2-6-13/h7-10,13,16H,1-6,11H2. The van der Waals surface area contributed by atoms with E-state index < -0.39 is 10.0 Å². The maximum absolute atomic E-state index is 12.2. The van der Waals surface area contributed by atoms with Gasteiger partial charge in [0, 0.05) is 11.9 Å². The number of sulfonamides is 1. The zero-order valence-corrected chi connectivity index (χ0v) is 12.5. The van der Waals surface area contributed by atoms with E-state index in [1.54, 1.807) is 12.1 Å². The van der Waals surface area contributed by atoms with Crippen LogP contribution >= 0.6 is 11.6 Å². The van der Waals surface area contributed by atoms with Gasteiger partial charge < -0.3 is 0 Å². The van der Waals surface area contributed by atoms with Crippen molar-refractivity contribution in [3.8, 4) is 0 Å². The highest BCUT2D eigenvalue weighted by atomic mass is 35.5. The molecule has 0 aliphatic heterocycles. The van der Waals surface area contributed by atoms with Crippen LogP contribution in [0.25, 0.3) is 0 Å². The van der Waals surface area contributed by atoms with Gasteiger partial charge in [-0.05, 0) is 43.4 Å². The first-order chi connectivity index (χ1) is 9.12. The first kappa shape index (κ1) is 14.8. The maximum atomic E-state index is 12.2. The molecular weight excluding hydrogens is 282 g/mol. The monoisotopic (exact) mass is 301 g/mol. The SMILES string of the molecule is O=S(=O)(NC1CCCC1)c1ccc(CCCCl)cc1. The molecule has 1 saturated carbocycles. The van der Waals surface area contributed by atoms with Gasteiger partial charge in [0.15, 0.2) is 0 Å². The molecule has 1 N–H and O–H groups in total. The highest BCUT2D eigenvalue weighted by Crippen LogP contribution is 2.20. The lowest BCUT2D eigenvalue weighted by molar-refractivity contribution is 0.552. The van der Waals surface area contributed by atoms with Crippen LogP contribution in [0.15, 0.2) is 29.2 Å². The Kier molecular flexibility index (Phi) is 5.25. The zero-order chi connectivity index (χ0) is 13.7. The summed E-state index contributed by atoms with van der Waals surface area (Å²) in [6.45, 7) is 0. The van der Waals surface area contributed by atoms with Crippen molar-refractivity contribution in [2.75, 3.05) is 5.88 Å². The van der Waals surface area contributed by atoms with Gasteiger partial charge in [-0.25, -0.2) is 13.1 Å². The molecule has 0 radical (unpaired) electrons. The minimum atomic E-state index is -3.36. The fourth-order valence-corrected chi connectivity index (χ4v) is 3.88. The molecule has 0 heterocycles. The molecule has 0 amide bonds. The molecule has 106 valence electrons. The average molecular weight is 302 g/mol. The van der Waals surface area contributed by atoms with Gasteiger partial charge in [-0.2, -0.15) is 0 Å². The lowest BCUT2D eigenvalue weighted by atomic mass is 10.1. The Hall–Kier alpha value is -0.580. The molecule has 1 aliphatic carbocycles. The zero-order valence-electron chi connectivity index (χ0n) is 10.9. The summed E-state index contributed by atoms with van der Waals surface area (Å²) in [6, 6.07) is 7.22. The minimum Gasteiger partial charge on any atom is -0.208 e. The molecule has 0 aromatic heterocycles. The van der Waals surface area contributed by atoms with Gasteiger partial charge in [0.05, 0.1) is 4.90 Å². The topological polar surface area (TPSA) is 46.2 Å². The molecular formula is C14H20ClNO2S. The van der Waals surface area contributed by atoms with Crippen molar-refractivity contribution in [2.45, 2.75) is 49.5 Å². The first-order valence-corrected chi connectivity index (χ1v) is 8.81. The fraction of sp³-hybridized carbons (Fsp3) is 0.571. The Balaban J connectivity index is 2.03. The van der Waals surface area contributed by atoms with E-state index in [1.807, 2.05) is 12.1 Å². The van der Waals surface area contributed by atoms with Crippen LogP contribution in [-0.2, 0) is 16.4 Å². The van der Waals surface area contributed by atoms with E-state index in [0.717, 1.165) is 44.1 Å². The molecule has 0 spiro atoms. The van der Waals surface area contributed by atoms with Crippen LogP contribution in [0.4, 0.5) is 0 Å². The Labute approximate surface area is 120 Å². The van der Waals surface area contributed by atoms with E-state index in [-0.39, 0.29) is 6.04 Å². The molecule has 1 fully saturated rings. The fourth-order valence-electron chi connectivity index (χ4n) is 2.44. The quantitative estimate of drug-likeness (QED) is 0.821. The molecule has 1 aromatic rings. The molecule has 1 aliphatic rings. The average Bonchev–Trinajstić information content (AvgIpc) is 2.89. The highest BCUT2D eigenvalue weighted by molar-refractivity contribution is 7.89. The normalized spacial score (nSPS) is 16.9. The molecule has 5 heteroatoms. The number of hydrogen-bond donors (Lipinski definition) is 1. The van der Waals surface area contributed by atoms with Gasteiger partial charge in [-0.1, -0.05) is 25.0 Å². The summed E-state index contributed by atoms with van der Waals surface area (Å²) in [5.41, 5.74) is 1.13. The van der Waals surface area contributed by atoms with E-state index in [9.17, 15) is 8.42 Å². The third kappa shape index (κ3) is 4.20. The van der Waals surface area contributed by atoms with Crippen LogP contribution in [-0.4, -0.2) is 20.3 Å². The largest absolute Gasteiger partial charge is 0.240 e. The van der Waals surface area contributed by atoms with E-state index in [2.05, 4.69) is 4.72 Å². The van der Waals surface area contributed by atoms with E-state index in [1.165, 1.54) is 0 Å². The van der Waals surface area contributed by atoms with Crippen LogP contribution in [0.3, 0.4) is 0 Å². The molecule has 0 unspecified atom stereocenters. The van der Waals surface area contributed by atoms with E-state index >= 15 is 0 Å². The number of benzene rings is 1. The van der Waals surface area contributed by atoms with Gasteiger partial charge >= 0.3 is 0 Å². The second-order valence-corrected chi connectivity index (χ2v) is 7.13. The minimum absolute atomic E-state index is 0.112. The third-order valence-electron chi connectivity index (χ3n) is 3.51. The van der Waals surface area contributed by atoms with Gasteiger partial charge in [0.25, 0.3) is 0 Å². The summed E-state index contributed by atoms with van der Waals surface area (Å²) in [6.07, 6.45) is 5.93. The lowest BCUT2D eigenvalue weighted by Gasteiger charge is -2.12.